The van der Waals surface area contributed by atoms with Gasteiger partial charge in [-0.1, -0.05) is 42.5 Å². The van der Waals surface area contributed by atoms with Gasteiger partial charge >= 0.3 is 0 Å². The molecule has 1 nitrogen and oxygen atoms in total. The minimum Gasteiger partial charge on any atom is -0.381 e. The smallest absolute Gasteiger partial charge is 0.0410 e. The van der Waals surface area contributed by atoms with Gasteiger partial charge in [0.1, 0.15) is 0 Å². The van der Waals surface area contributed by atoms with Gasteiger partial charge in [-0.15, -0.1) is 0 Å². The third-order valence-corrected chi connectivity index (χ3v) is 2.01. The number of dihydropyridines is 1. The van der Waals surface area contributed by atoms with Gasteiger partial charge in [-0.25, -0.2) is 0 Å². The Morgan fingerprint density at radius 2 is 2.07 bits per heavy atom. The van der Waals surface area contributed by atoms with Crippen LogP contribution in [0.4, 0.5) is 0 Å². The Balaban J connectivity index is 2.67. The SMILES string of the molecule is C=C(C)/C=C\C(=C)C1=CC=C(C)CN1. The zero-order valence-electron chi connectivity index (χ0n) is 8.93. The number of hydrogen-bond donors (Lipinski definition) is 1. The third kappa shape index (κ3) is 3.09. The molecule has 0 aromatic heterocycles. The van der Waals surface area contributed by atoms with E-state index in [0.29, 0.717) is 0 Å². The van der Waals surface area contributed by atoms with E-state index in [4.69, 9.17) is 0 Å². The van der Waals surface area contributed by atoms with E-state index in [9.17, 15) is 0 Å². The molecule has 1 heterocycles. The Hall–Kier alpha value is -1.50. The van der Waals surface area contributed by atoms with Gasteiger partial charge < -0.3 is 5.32 Å². The highest BCUT2D eigenvalue weighted by molar-refractivity contribution is 5.42. The van der Waals surface area contributed by atoms with Crippen molar-refractivity contribution in [2.75, 3.05) is 6.54 Å². The van der Waals surface area contributed by atoms with Gasteiger partial charge in [0, 0.05) is 12.2 Å². The van der Waals surface area contributed by atoms with E-state index >= 15 is 0 Å². The molecule has 0 aromatic rings. The van der Waals surface area contributed by atoms with Crippen LogP contribution in [0.1, 0.15) is 13.8 Å². The number of hydrogen-bond acceptors (Lipinski definition) is 1. The quantitative estimate of drug-likeness (QED) is 0.669. The van der Waals surface area contributed by atoms with Crippen LogP contribution in [0.25, 0.3) is 0 Å². The Morgan fingerprint density at radius 1 is 1.36 bits per heavy atom. The van der Waals surface area contributed by atoms with E-state index in [1.807, 2.05) is 19.1 Å². The zero-order chi connectivity index (χ0) is 10.6. The topological polar surface area (TPSA) is 12.0 Å². The lowest BCUT2D eigenvalue weighted by Crippen LogP contribution is -2.19. The molecule has 0 atom stereocenters. The summed E-state index contributed by atoms with van der Waals surface area (Å²) < 4.78 is 0. The molecule has 0 saturated carbocycles. The molecule has 0 bridgehead atoms. The van der Waals surface area contributed by atoms with Crippen LogP contribution in [0.15, 0.2) is 59.9 Å². The molecule has 1 N–H and O–H groups in total. The maximum Gasteiger partial charge on any atom is 0.0410 e. The Kier molecular flexibility index (Phi) is 3.52. The van der Waals surface area contributed by atoms with Gasteiger partial charge in [0.15, 0.2) is 0 Å². The number of nitrogens with one attached hydrogen (secondary N) is 1. The average molecular weight is 187 g/mol. The summed E-state index contributed by atoms with van der Waals surface area (Å²) in [6.45, 7) is 12.8. The minimum absolute atomic E-state index is 0.908. The van der Waals surface area contributed by atoms with Crippen molar-refractivity contribution in [2.45, 2.75) is 13.8 Å². The van der Waals surface area contributed by atoms with Crippen molar-refractivity contribution in [2.24, 2.45) is 0 Å². The summed E-state index contributed by atoms with van der Waals surface area (Å²) in [4.78, 5) is 0. The molecule has 74 valence electrons. The van der Waals surface area contributed by atoms with E-state index in [2.05, 4.69) is 37.6 Å². The lowest BCUT2D eigenvalue weighted by Gasteiger charge is -2.15. The second-order valence-corrected chi connectivity index (χ2v) is 3.65. The van der Waals surface area contributed by atoms with Gasteiger partial charge in [0.25, 0.3) is 0 Å². The highest BCUT2D eigenvalue weighted by Crippen LogP contribution is 2.12. The zero-order valence-corrected chi connectivity index (χ0v) is 8.93. The Morgan fingerprint density at radius 3 is 2.57 bits per heavy atom. The van der Waals surface area contributed by atoms with E-state index in [0.717, 1.165) is 23.4 Å². The van der Waals surface area contributed by atoms with Crippen LogP contribution in [-0.4, -0.2) is 6.54 Å². The summed E-state index contributed by atoms with van der Waals surface area (Å²) in [7, 11) is 0. The molecule has 0 fully saturated rings. The normalized spacial score (nSPS) is 15.9. The van der Waals surface area contributed by atoms with Crippen molar-refractivity contribution >= 4 is 0 Å². The first-order chi connectivity index (χ1) is 6.59. The van der Waals surface area contributed by atoms with Crippen LogP contribution in [0, 0.1) is 0 Å². The van der Waals surface area contributed by atoms with Gasteiger partial charge in [-0.2, -0.15) is 0 Å². The van der Waals surface area contributed by atoms with Crippen molar-refractivity contribution in [1.82, 2.24) is 5.32 Å². The van der Waals surface area contributed by atoms with Gasteiger partial charge in [0.2, 0.25) is 0 Å². The fourth-order valence-electron chi connectivity index (χ4n) is 1.13. The number of allylic oxidation sites excluding steroid dienone is 5. The number of rotatable bonds is 3. The maximum absolute atomic E-state index is 3.99. The molecular formula is C13H17N. The first-order valence-corrected chi connectivity index (χ1v) is 4.74. The summed E-state index contributed by atoms with van der Waals surface area (Å²) in [6.07, 6.45) is 8.13. The molecule has 0 spiro atoms. The molecule has 1 aliphatic rings. The van der Waals surface area contributed by atoms with Crippen molar-refractivity contribution < 1.29 is 0 Å². The summed E-state index contributed by atoms with van der Waals surface area (Å²) in [6, 6.07) is 0. The molecule has 0 amide bonds. The summed E-state index contributed by atoms with van der Waals surface area (Å²) >= 11 is 0. The first kappa shape index (κ1) is 10.6. The maximum atomic E-state index is 3.99. The fourth-order valence-corrected chi connectivity index (χ4v) is 1.13. The highest BCUT2D eigenvalue weighted by atomic mass is 14.9. The molecule has 1 rings (SSSR count). The van der Waals surface area contributed by atoms with Gasteiger partial charge in [0.05, 0.1) is 0 Å². The predicted octanol–water partition coefficient (Wildman–Crippen LogP) is 3.11. The van der Waals surface area contributed by atoms with E-state index in [-0.39, 0.29) is 0 Å². The largest absolute Gasteiger partial charge is 0.381 e. The summed E-state index contributed by atoms with van der Waals surface area (Å²) in [5, 5.41) is 3.30. The predicted molar refractivity (Wildman–Crippen MR) is 62.9 cm³/mol. The monoisotopic (exact) mass is 187 g/mol. The Labute approximate surface area is 86.2 Å². The van der Waals surface area contributed by atoms with Crippen molar-refractivity contribution in [3.8, 4) is 0 Å². The highest BCUT2D eigenvalue weighted by Gasteiger charge is 2.02. The van der Waals surface area contributed by atoms with Crippen LogP contribution < -0.4 is 5.32 Å². The van der Waals surface area contributed by atoms with Crippen LogP contribution in [0.5, 0.6) is 0 Å². The van der Waals surface area contributed by atoms with Crippen LogP contribution >= 0.6 is 0 Å². The average Bonchev–Trinajstić information content (AvgIpc) is 2.15. The van der Waals surface area contributed by atoms with Crippen LogP contribution in [0.3, 0.4) is 0 Å². The van der Waals surface area contributed by atoms with Gasteiger partial charge in [-0.3, -0.25) is 0 Å². The van der Waals surface area contributed by atoms with Crippen molar-refractivity contribution in [3.05, 3.63) is 59.9 Å². The molecule has 14 heavy (non-hydrogen) atoms. The molecule has 1 aliphatic heterocycles. The van der Waals surface area contributed by atoms with E-state index in [1.54, 1.807) is 0 Å². The fraction of sp³-hybridized carbons (Fsp3) is 0.231. The molecule has 0 unspecified atom stereocenters. The second kappa shape index (κ2) is 4.66. The van der Waals surface area contributed by atoms with Crippen LogP contribution in [0.2, 0.25) is 0 Å². The lowest BCUT2D eigenvalue weighted by molar-refractivity contribution is 0.869. The van der Waals surface area contributed by atoms with Crippen molar-refractivity contribution in [3.63, 3.8) is 0 Å². The molecule has 1 heteroatoms. The second-order valence-electron chi connectivity index (χ2n) is 3.65. The van der Waals surface area contributed by atoms with Crippen LogP contribution in [-0.2, 0) is 0 Å². The molecule has 0 aromatic carbocycles. The molecule has 0 radical (unpaired) electrons. The van der Waals surface area contributed by atoms with E-state index < -0.39 is 0 Å². The first-order valence-electron chi connectivity index (χ1n) is 4.74. The van der Waals surface area contributed by atoms with Crippen molar-refractivity contribution in [1.29, 1.82) is 0 Å². The lowest BCUT2D eigenvalue weighted by atomic mass is 10.1. The third-order valence-electron chi connectivity index (χ3n) is 2.01. The molecule has 0 aliphatic carbocycles. The summed E-state index contributed by atoms with van der Waals surface area (Å²) in [5.41, 5.74) is 4.46. The van der Waals surface area contributed by atoms with Gasteiger partial charge in [-0.05, 0) is 25.5 Å². The minimum atomic E-state index is 0.908. The molecular weight excluding hydrogens is 170 g/mol. The standard InChI is InChI=1S/C13H17N/c1-10(2)5-7-12(4)13-8-6-11(3)9-14-13/h5-8,14H,1,4,9H2,2-3H3/b7-5-. The summed E-state index contributed by atoms with van der Waals surface area (Å²) in [5.74, 6) is 0. The van der Waals surface area contributed by atoms with E-state index in [1.165, 1.54) is 5.57 Å². The Bertz CT molecular complexity index is 340. The molecule has 0 saturated heterocycles.